The van der Waals surface area contributed by atoms with Gasteiger partial charge in [-0.3, -0.25) is 28.8 Å². The minimum Gasteiger partial charge on any atom is -0.481 e. The Morgan fingerprint density at radius 2 is 1.05 bits per heavy atom. The molecular formula is C50H56O12. The average molecular weight is 849 g/mol. The summed E-state index contributed by atoms with van der Waals surface area (Å²) in [7, 11) is 0. The normalized spacial score (nSPS) is 16.9. The fourth-order valence-corrected chi connectivity index (χ4v) is 7.92. The number of ketones is 3. The van der Waals surface area contributed by atoms with Crippen LogP contribution in [0.2, 0.25) is 0 Å². The number of rotatable bonds is 18. The molecule has 4 aromatic rings. The lowest BCUT2D eigenvalue weighted by Gasteiger charge is -2.22. The van der Waals surface area contributed by atoms with Crippen molar-refractivity contribution in [1.29, 1.82) is 0 Å². The topological polar surface area (TPSA) is 191 Å². The van der Waals surface area contributed by atoms with E-state index < -0.39 is 35.7 Å². The van der Waals surface area contributed by atoms with Crippen molar-refractivity contribution in [3.63, 3.8) is 0 Å². The highest BCUT2D eigenvalue weighted by Crippen LogP contribution is 2.33. The van der Waals surface area contributed by atoms with Gasteiger partial charge < -0.3 is 29.5 Å². The van der Waals surface area contributed by atoms with Gasteiger partial charge in [-0.05, 0) is 74.3 Å². The molecule has 0 amide bonds. The molecule has 4 unspecified atom stereocenters. The van der Waals surface area contributed by atoms with Gasteiger partial charge in [0.15, 0.2) is 23.1 Å². The average Bonchev–Trinajstić information content (AvgIpc) is 4.00. The van der Waals surface area contributed by atoms with E-state index in [1.54, 1.807) is 42.5 Å². The van der Waals surface area contributed by atoms with Crippen molar-refractivity contribution in [2.75, 3.05) is 13.4 Å². The quantitative estimate of drug-likeness (QED) is 0.0807. The first-order valence-corrected chi connectivity index (χ1v) is 21.4. The van der Waals surface area contributed by atoms with E-state index in [0.29, 0.717) is 48.5 Å². The van der Waals surface area contributed by atoms with Crippen molar-refractivity contribution in [2.45, 2.75) is 89.6 Å². The summed E-state index contributed by atoms with van der Waals surface area (Å²) in [6.07, 6.45) is 8.51. The Labute approximate surface area is 362 Å². The summed E-state index contributed by atoms with van der Waals surface area (Å²) in [5.74, 6) is -3.72. The Hall–Kier alpha value is -6.14. The molecule has 7 rings (SSSR count). The molecule has 1 aliphatic carbocycles. The van der Waals surface area contributed by atoms with Crippen LogP contribution in [-0.2, 0) is 36.8 Å². The van der Waals surface area contributed by atoms with Gasteiger partial charge in [0.1, 0.15) is 5.78 Å². The third-order valence-corrected chi connectivity index (χ3v) is 11.4. The van der Waals surface area contributed by atoms with E-state index in [9.17, 15) is 44.1 Å². The predicted octanol–water partition coefficient (Wildman–Crippen LogP) is 8.93. The van der Waals surface area contributed by atoms with Gasteiger partial charge in [0.2, 0.25) is 6.79 Å². The van der Waals surface area contributed by atoms with E-state index in [1.807, 2.05) is 66.7 Å². The standard InChI is InChI=1S/C18H16O5.C17H22O3.C15H18O4/c19-15(13-6-7-16-17(10-13)23-11-22-16)9-14(18(20)21)8-12-4-2-1-3-5-12;18-16(14-9-5-2-6-10-14)12-15(17(19)20)11-13-7-3-1-4-8-13;16-14(11-5-2-1-3-6-11)10-12(15(17)18)9-13-7-4-8-19-13/h1-7,10,14H,8-9,11H2,(H,20,21);1,3-4,7-8,14-15H,2,5-6,9-12H2,(H,19,20);1-3,5-6,12-13H,4,7-10H2,(H,17,18). The zero-order chi connectivity index (χ0) is 44.3. The van der Waals surface area contributed by atoms with Crippen LogP contribution in [0.4, 0.5) is 0 Å². The summed E-state index contributed by atoms with van der Waals surface area (Å²) in [5, 5.41) is 27.9. The highest BCUT2D eigenvalue weighted by Gasteiger charge is 2.29. The van der Waals surface area contributed by atoms with Gasteiger partial charge in [0, 0.05) is 42.9 Å². The lowest BCUT2D eigenvalue weighted by Crippen LogP contribution is -2.25. The first kappa shape index (κ1) is 46.9. The molecule has 1 saturated heterocycles. The minimum absolute atomic E-state index is 0.00956. The molecule has 2 heterocycles. The zero-order valence-electron chi connectivity index (χ0n) is 34.9. The second kappa shape index (κ2) is 24.3. The highest BCUT2D eigenvalue weighted by molar-refractivity contribution is 5.99. The molecule has 2 aliphatic heterocycles. The SMILES string of the molecule is O=C(CC(CC1CCCO1)C(=O)O)c1ccccc1.O=C(CC(Cc1ccccc1)C(=O)O)c1ccc2c(c1)OCO2.O=C(O)C(CC(=O)C1CCCCC1)Cc1ccccc1. The van der Waals surface area contributed by atoms with Crippen LogP contribution in [0.25, 0.3) is 0 Å². The van der Waals surface area contributed by atoms with Crippen molar-refractivity contribution in [2.24, 2.45) is 23.7 Å². The third kappa shape index (κ3) is 15.1. The second-order valence-electron chi connectivity index (χ2n) is 16.0. The van der Waals surface area contributed by atoms with Gasteiger partial charge >= 0.3 is 17.9 Å². The number of hydrogen-bond acceptors (Lipinski definition) is 9. The zero-order valence-corrected chi connectivity index (χ0v) is 34.9. The van der Waals surface area contributed by atoms with E-state index >= 15 is 0 Å². The lowest BCUT2D eigenvalue weighted by atomic mass is 9.82. The van der Waals surface area contributed by atoms with Crippen LogP contribution in [0.15, 0.2) is 109 Å². The number of carbonyl (C=O) groups excluding carboxylic acids is 3. The molecule has 4 atom stereocenters. The van der Waals surface area contributed by atoms with Crippen molar-refractivity contribution in [3.05, 3.63) is 131 Å². The number of benzene rings is 4. The lowest BCUT2D eigenvalue weighted by molar-refractivity contribution is -0.144. The number of ether oxygens (including phenoxy) is 3. The van der Waals surface area contributed by atoms with Crippen molar-refractivity contribution < 1.29 is 58.3 Å². The van der Waals surface area contributed by atoms with Crippen molar-refractivity contribution in [3.8, 4) is 11.5 Å². The Morgan fingerprint density at radius 1 is 0.532 bits per heavy atom. The van der Waals surface area contributed by atoms with Crippen LogP contribution in [0, 0.1) is 23.7 Å². The summed E-state index contributed by atoms with van der Waals surface area (Å²) in [6, 6.07) is 32.6. The molecule has 12 nitrogen and oxygen atoms in total. The summed E-state index contributed by atoms with van der Waals surface area (Å²) < 4.78 is 15.9. The molecule has 2 fully saturated rings. The number of hydrogen-bond donors (Lipinski definition) is 3. The van der Waals surface area contributed by atoms with Crippen molar-refractivity contribution in [1.82, 2.24) is 0 Å². The summed E-state index contributed by atoms with van der Waals surface area (Å²) in [4.78, 5) is 70.7. The largest absolute Gasteiger partial charge is 0.481 e. The number of carboxylic acids is 3. The molecule has 4 aromatic carbocycles. The first-order chi connectivity index (χ1) is 30.0. The predicted molar refractivity (Wildman–Crippen MR) is 230 cm³/mol. The summed E-state index contributed by atoms with van der Waals surface area (Å²) in [5.41, 5.74) is 2.89. The number of Topliss-reactive ketones (excluding diaryl/α,β-unsaturated/α-hetero) is 3. The van der Waals surface area contributed by atoms with Crippen LogP contribution in [0.1, 0.15) is 102 Å². The second-order valence-corrected chi connectivity index (χ2v) is 16.0. The van der Waals surface area contributed by atoms with E-state index in [0.717, 1.165) is 49.7 Å². The third-order valence-electron chi connectivity index (χ3n) is 11.4. The Bertz CT molecular complexity index is 2070. The molecule has 3 aliphatic rings. The van der Waals surface area contributed by atoms with Gasteiger partial charge in [-0.15, -0.1) is 0 Å². The molecular weight excluding hydrogens is 793 g/mol. The Balaban J connectivity index is 0.000000177. The maximum Gasteiger partial charge on any atom is 0.307 e. The van der Waals surface area contributed by atoms with E-state index in [-0.39, 0.29) is 55.4 Å². The van der Waals surface area contributed by atoms with Crippen LogP contribution in [-0.4, -0.2) is 70.1 Å². The fraction of sp³-hybridized carbons (Fsp3) is 0.400. The van der Waals surface area contributed by atoms with Gasteiger partial charge in [0.05, 0.1) is 23.9 Å². The molecule has 0 radical (unpaired) electrons. The maximum atomic E-state index is 12.4. The molecule has 3 N–H and O–H groups in total. The number of aliphatic carboxylic acids is 3. The van der Waals surface area contributed by atoms with E-state index in [2.05, 4.69) is 0 Å². The first-order valence-electron chi connectivity index (χ1n) is 21.4. The van der Waals surface area contributed by atoms with Gasteiger partial charge in [0.25, 0.3) is 0 Å². The van der Waals surface area contributed by atoms with Crippen LogP contribution in [0.3, 0.4) is 0 Å². The van der Waals surface area contributed by atoms with Gasteiger partial charge in [-0.2, -0.15) is 0 Å². The minimum atomic E-state index is -0.969. The van der Waals surface area contributed by atoms with Crippen LogP contribution < -0.4 is 9.47 Å². The van der Waals surface area contributed by atoms with Crippen LogP contribution >= 0.6 is 0 Å². The van der Waals surface area contributed by atoms with Gasteiger partial charge in [-0.1, -0.05) is 110 Å². The highest BCUT2D eigenvalue weighted by atomic mass is 16.7. The Kier molecular flexibility index (Phi) is 18.4. The molecule has 0 bridgehead atoms. The monoisotopic (exact) mass is 848 g/mol. The molecule has 1 saturated carbocycles. The van der Waals surface area contributed by atoms with E-state index in [1.165, 1.54) is 6.42 Å². The van der Waals surface area contributed by atoms with Gasteiger partial charge in [-0.25, -0.2) is 0 Å². The number of carbonyl (C=O) groups is 6. The summed E-state index contributed by atoms with van der Waals surface area (Å²) in [6.45, 7) is 0.836. The molecule has 0 spiro atoms. The fourth-order valence-electron chi connectivity index (χ4n) is 7.92. The molecule has 62 heavy (non-hydrogen) atoms. The maximum absolute atomic E-state index is 12.4. The molecule has 12 heteroatoms. The Morgan fingerprint density at radius 3 is 1.60 bits per heavy atom. The van der Waals surface area contributed by atoms with E-state index in [4.69, 9.17) is 14.2 Å². The molecule has 0 aromatic heterocycles. The smallest absolute Gasteiger partial charge is 0.307 e. The molecule has 328 valence electrons. The summed E-state index contributed by atoms with van der Waals surface area (Å²) >= 11 is 0. The van der Waals surface area contributed by atoms with Crippen molar-refractivity contribution >= 4 is 35.3 Å². The number of fused-ring (bicyclic) bond motifs is 1. The van der Waals surface area contributed by atoms with Crippen LogP contribution in [0.5, 0.6) is 11.5 Å². The number of carboxylic acid groups (broad SMARTS) is 3.